The summed E-state index contributed by atoms with van der Waals surface area (Å²) in [6.45, 7) is 0.955. The van der Waals surface area contributed by atoms with Gasteiger partial charge in [0.25, 0.3) is 5.91 Å². The highest BCUT2D eigenvalue weighted by molar-refractivity contribution is 5.94. The Kier molecular flexibility index (Phi) is 4.64. The van der Waals surface area contributed by atoms with Crippen LogP contribution in [-0.2, 0) is 6.54 Å². The molecule has 0 bridgehead atoms. The molecule has 3 aromatic rings. The van der Waals surface area contributed by atoms with Gasteiger partial charge in [-0.3, -0.25) is 4.79 Å². The standard InChI is InChI=1S/C20H20N4O2/c25-20(23-17-10-15(11-17)13-24-9-8-21-14-24)16-6-7-22-19(12-16)26-18-4-2-1-3-5-18/h1-9,12,14-15,17H,10-11,13H2,(H,23,25). The fourth-order valence-electron chi connectivity index (χ4n) is 3.18. The Balaban J connectivity index is 1.30. The zero-order chi connectivity index (χ0) is 17.8. The van der Waals surface area contributed by atoms with Crippen LogP contribution in [0.1, 0.15) is 23.2 Å². The molecule has 1 saturated carbocycles. The fourth-order valence-corrected chi connectivity index (χ4v) is 3.18. The van der Waals surface area contributed by atoms with E-state index in [-0.39, 0.29) is 11.9 Å². The monoisotopic (exact) mass is 348 g/mol. The first kappa shape index (κ1) is 16.3. The molecule has 132 valence electrons. The first-order chi connectivity index (χ1) is 12.8. The molecule has 1 aromatic carbocycles. The Morgan fingerprint density at radius 3 is 2.81 bits per heavy atom. The van der Waals surface area contributed by atoms with E-state index in [2.05, 4.69) is 19.9 Å². The van der Waals surface area contributed by atoms with Crippen LogP contribution < -0.4 is 10.1 Å². The number of amides is 1. The van der Waals surface area contributed by atoms with Crippen molar-refractivity contribution in [3.8, 4) is 11.6 Å². The van der Waals surface area contributed by atoms with Crippen LogP contribution in [0.3, 0.4) is 0 Å². The van der Waals surface area contributed by atoms with Gasteiger partial charge in [-0.25, -0.2) is 9.97 Å². The molecule has 26 heavy (non-hydrogen) atoms. The van der Waals surface area contributed by atoms with Crippen molar-refractivity contribution in [2.45, 2.75) is 25.4 Å². The summed E-state index contributed by atoms with van der Waals surface area (Å²) in [6, 6.07) is 13.0. The van der Waals surface area contributed by atoms with Crippen LogP contribution in [-0.4, -0.2) is 26.5 Å². The Hall–Kier alpha value is -3.15. The quantitative estimate of drug-likeness (QED) is 0.742. The van der Waals surface area contributed by atoms with E-state index >= 15 is 0 Å². The van der Waals surface area contributed by atoms with Crippen molar-refractivity contribution in [1.29, 1.82) is 0 Å². The van der Waals surface area contributed by atoms with Crippen LogP contribution in [0.15, 0.2) is 67.4 Å². The molecule has 0 spiro atoms. The van der Waals surface area contributed by atoms with E-state index in [1.807, 2.05) is 42.9 Å². The summed E-state index contributed by atoms with van der Waals surface area (Å²) in [4.78, 5) is 20.7. The molecular weight excluding hydrogens is 328 g/mol. The third-order valence-corrected chi connectivity index (χ3v) is 4.56. The van der Waals surface area contributed by atoms with Gasteiger partial charge >= 0.3 is 0 Å². The van der Waals surface area contributed by atoms with Crippen molar-refractivity contribution < 1.29 is 9.53 Å². The summed E-state index contributed by atoms with van der Waals surface area (Å²) < 4.78 is 7.77. The van der Waals surface area contributed by atoms with E-state index < -0.39 is 0 Å². The maximum atomic E-state index is 12.5. The first-order valence-electron chi connectivity index (χ1n) is 8.72. The largest absolute Gasteiger partial charge is 0.439 e. The van der Waals surface area contributed by atoms with Crippen molar-refractivity contribution in [3.63, 3.8) is 0 Å². The molecule has 1 aliphatic rings. The number of nitrogens with one attached hydrogen (secondary N) is 1. The molecule has 4 rings (SSSR count). The Labute approximate surface area is 151 Å². The summed E-state index contributed by atoms with van der Waals surface area (Å²) in [5.74, 6) is 1.61. The second-order valence-corrected chi connectivity index (χ2v) is 6.57. The third-order valence-electron chi connectivity index (χ3n) is 4.56. The lowest BCUT2D eigenvalue weighted by Crippen LogP contribution is -2.45. The van der Waals surface area contributed by atoms with Gasteiger partial charge in [0.2, 0.25) is 5.88 Å². The van der Waals surface area contributed by atoms with E-state index in [0.29, 0.717) is 23.1 Å². The van der Waals surface area contributed by atoms with Crippen LogP contribution in [0.5, 0.6) is 11.6 Å². The summed E-state index contributed by atoms with van der Waals surface area (Å²) in [5, 5.41) is 3.09. The lowest BCUT2D eigenvalue weighted by molar-refractivity contribution is 0.0881. The number of benzene rings is 1. The van der Waals surface area contributed by atoms with E-state index in [4.69, 9.17) is 4.74 Å². The zero-order valence-electron chi connectivity index (χ0n) is 14.3. The fraction of sp³-hybridized carbons (Fsp3) is 0.250. The number of para-hydroxylation sites is 1. The predicted molar refractivity (Wildman–Crippen MR) is 97.0 cm³/mol. The molecule has 2 aromatic heterocycles. The van der Waals surface area contributed by atoms with E-state index in [9.17, 15) is 4.79 Å². The molecule has 0 unspecified atom stereocenters. The van der Waals surface area contributed by atoms with Gasteiger partial charge in [-0.2, -0.15) is 0 Å². The van der Waals surface area contributed by atoms with E-state index in [1.165, 1.54) is 0 Å². The number of aromatic nitrogens is 3. The van der Waals surface area contributed by atoms with Crippen LogP contribution in [0, 0.1) is 5.92 Å². The minimum absolute atomic E-state index is 0.0867. The zero-order valence-corrected chi connectivity index (χ0v) is 14.3. The summed E-state index contributed by atoms with van der Waals surface area (Å²) in [7, 11) is 0. The molecule has 2 heterocycles. The van der Waals surface area contributed by atoms with Gasteiger partial charge in [-0.1, -0.05) is 18.2 Å². The number of hydrogen-bond acceptors (Lipinski definition) is 4. The van der Waals surface area contributed by atoms with Gasteiger partial charge in [0.15, 0.2) is 0 Å². The molecule has 6 nitrogen and oxygen atoms in total. The molecular formula is C20H20N4O2. The molecule has 0 atom stereocenters. The van der Waals surface area contributed by atoms with Crippen LogP contribution in [0.2, 0.25) is 0 Å². The number of pyridine rings is 1. The van der Waals surface area contributed by atoms with Crippen molar-refractivity contribution in [2.24, 2.45) is 5.92 Å². The van der Waals surface area contributed by atoms with Crippen LogP contribution in [0.25, 0.3) is 0 Å². The summed E-state index contributed by atoms with van der Waals surface area (Å²) in [5.41, 5.74) is 0.559. The van der Waals surface area contributed by atoms with Crippen molar-refractivity contribution in [3.05, 3.63) is 72.9 Å². The van der Waals surface area contributed by atoms with Gasteiger partial charge < -0.3 is 14.6 Å². The SMILES string of the molecule is O=C(NC1CC(Cn2ccnc2)C1)c1ccnc(Oc2ccccc2)c1. The van der Waals surface area contributed by atoms with Gasteiger partial charge in [0, 0.05) is 42.8 Å². The number of imidazole rings is 1. The summed E-state index contributed by atoms with van der Waals surface area (Å²) >= 11 is 0. The van der Waals surface area contributed by atoms with Crippen molar-refractivity contribution >= 4 is 5.91 Å². The molecule has 0 saturated heterocycles. The number of rotatable bonds is 6. The smallest absolute Gasteiger partial charge is 0.251 e. The second-order valence-electron chi connectivity index (χ2n) is 6.57. The molecule has 1 fully saturated rings. The minimum Gasteiger partial charge on any atom is -0.439 e. The average Bonchev–Trinajstić information content (AvgIpc) is 3.14. The van der Waals surface area contributed by atoms with Gasteiger partial charge in [-0.15, -0.1) is 0 Å². The topological polar surface area (TPSA) is 69.0 Å². The molecule has 1 aliphatic carbocycles. The van der Waals surface area contributed by atoms with Gasteiger partial charge in [0.1, 0.15) is 5.75 Å². The minimum atomic E-state index is -0.0867. The first-order valence-corrected chi connectivity index (χ1v) is 8.72. The third kappa shape index (κ3) is 3.91. The number of ether oxygens (including phenoxy) is 1. The summed E-state index contributed by atoms with van der Waals surface area (Å²) in [6.07, 6.45) is 9.16. The Bertz CT molecular complexity index is 859. The van der Waals surface area contributed by atoms with Crippen molar-refractivity contribution in [2.75, 3.05) is 0 Å². The molecule has 1 amide bonds. The average molecular weight is 348 g/mol. The van der Waals surface area contributed by atoms with Crippen LogP contribution in [0.4, 0.5) is 0 Å². The number of hydrogen-bond donors (Lipinski definition) is 1. The van der Waals surface area contributed by atoms with E-state index in [0.717, 1.165) is 19.4 Å². The van der Waals surface area contributed by atoms with Gasteiger partial charge in [-0.05, 0) is 37.0 Å². The Morgan fingerprint density at radius 2 is 2.04 bits per heavy atom. The predicted octanol–water partition coefficient (Wildman–Crippen LogP) is 3.28. The highest BCUT2D eigenvalue weighted by atomic mass is 16.5. The second kappa shape index (κ2) is 7.39. The van der Waals surface area contributed by atoms with Crippen molar-refractivity contribution in [1.82, 2.24) is 19.9 Å². The highest BCUT2D eigenvalue weighted by Crippen LogP contribution is 2.29. The normalized spacial score (nSPS) is 18.8. The van der Waals surface area contributed by atoms with E-state index in [1.54, 1.807) is 24.5 Å². The molecule has 1 N–H and O–H groups in total. The van der Waals surface area contributed by atoms with Gasteiger partial charge in [0.05, 0.1) is 6.33 Å². The molecule has 0 aliphatic heterocycles. The molecule has 6 heteroatoms. The van der Waals surface area contributed by atoms with Crippen LogP contribution >= 0.6 is 0 Å². The molecule has 0 radical (unpaired) electrons. The number of nitrogens with zero attached hydrogens (tertiary/aromatic N) is 3. The Morgan fingerprint density at radius 1 is 1.19 bits per heavy atom. The maximum Gasteiger partial charge on any atom is 0.251 e. The lowest BCUT2D eigenvalue weighted by atomic mass is 9.80. The maximum absolute atomic E-state index is 12.5. The number of carbonyl (C=O) groups is 1. The lowest BCUT2D eigenvalue weighted by Gasteiger charge is -2.36. The highest BCUT2D eigenvalue weighted by Gasteiger charge is 2.30. The number of carbonyl (C=O) groups excluding carboxylic acids is 1.